The maximum absolute atomic E-state index is 13.8. The van der Waals surface area contributed by atoms with E-state index in [0.29, 0.717) is 57.9 Å². The highest BCUT2D eigenvalue weighted by atomic mass is 35.5. The molecule has 4 aliphatic carbocycles. The van der Waals surface area contributed by atoms with E-state index >= 15 is 0 Å². The van der Waals surface area contributed by atoms with Gasteiger partial charge in [-0.1, -0.05) is 53.5 Å². The molecule has 0 amide bonds. The van der Waals surface area contributed by atoms with Crippen LogP contribution in [0, 0.1) is 29.6 Å². The molecule has 51 heavy (non-hydrogen) atoms. The Bertz CT molecular complexity index is 1830. The Balaban J connectivity index is 1.09. The first-order valence-electron chi connectivity index (χ1n) is 17.7. The molecule has 8 atom stereocenters. The molecular formula is C37H41Cl2N2O9P. The number of hydrogen-bond donors (Lipinski definition) is 4. The van der Waals surface area contributed by atoms with Crippen molar-refractivity contribution in [3.05, 3.63) is 81.7 Å². The SMILES string of the molecule is O=C(CP(=O)(O)O)OC1=C2OC3C(OC(=O)Cc4ccccc4Nc4c(Cl)cccc4Cl)CC[C@]4(O)C5CCN(CC6CC6)C4CC(C=C1)C2C35. The van der Waals surface area contributed by atoms with Crippen molar-refractivity contribution in [2.24, 2.45) is 29.6 Å². The van der Waals surface area contributed by atoms with E-state index in [9.17, 15) is 29.0 Å². The number of anilines is 2. The first-order valence-corrected chi connectivity index (χ1v) is 20.2. The number of esters is 2. The lowest BCUT2D eigenvalue weighted by Crippen LogP contribution is -2.62. The molecule has 2 saturated heterocycles. The number of carbonyl (C=O) groups is 2. The number of piperidine rings is 1. The molecule has 272 valence electrons. The van der Waals surface area contributed by atoms with E-state index in [4.69, 9.17) is 37.4 Å². The number of ether oxygens (including phenoxy) is 3. The van der Waals surface area contributed by atoms with Gasteiger partial charge in [0.15, 0.2) is 5.76 Å². The summed E-state index contributed by atoms with van der Waals surface area (Å²) in [7, 11) is -4.66. The molecule has 2 aromatic carbocycles. The predicted molar refractivity (Wildman–Crippen MR) is 189 cm³/mol. The fourth-order valence-corrected chi connectivity index (χ4v) is 10.3. The number of carbonyl (C=O) groups excluding carboxylic acids is 2. The van der Waals surface area contributed by atoms with Gasteiger partial charge >= 0.3 is 19.5 Å². The molecule has 2 aromatic rings. The molecule has 7 unspecified atom stereocenters. The number of likely N-dealkylation sites (tertiary alicyclic amines) is 1. The fraction of sp³-hybridized carbons (Fsp3) is 0.514. The first-order chi connectivity index (χ1) is 24.4. The summed E-state index contributed by atoms with van der Waals surface area (Å²) in [6.45, 7) is 1.80. The van der Waals surface area contributed by atoms with Crippen LogP contribution in [0.4, 0.5) is 11.4 Å². The summed E-state index contributed by atoms with van der Waals surface area (Å²) in [6, 6.07) is 12.5. The van der Waals surface area contributed by atoms with Crippen LogP contribution in [0.2, 0.25) is 10.0 Å². The molecule has 14 heteroatoms. The van der Waals surface area contributed by atoms with E-state index in [1.165, 1.54) is 12.8 Å². The maximum Gasteiger partial charge on any atom is 0.336 e. The Labute approximate surface area is 306 Å². The highest BCUT2D eigenvalue weighted by Gasteiger charge is 2.66. The summed E-state index contributed by atoms with van der Waals surface area (Å²) in [5.74, 6) is -1.02. The molecule has 2 aliphatic heterocycles. The van der Waals surface area contributed by atoms with Crippen molar-refractivity contribution in [1.82, 2.24) is 4.90 Å². The maximum atomic E-state index is 13.8. The van der Waals surface area contributed by atoms with Crippen LogP contribution in [0.5, 0.6) is 0 Å². The van der Waals surface area contributed by atoms with Crippen LogP contribution >= 0.6 is 30.8 Å². The summed E-state index contributed by atoms with van der Waals surface area (Å²) in [5.41, 5.74) is 0.823. The Morgan fingerprint density at radius 1 is 1.04 bits per heavy atom. The minimum absolute atomic E-state index is 0.0374. The monoisotopic (exact) mass is 758 g/mol. The second-order valence-electron chi connectivity index (χ2n) is 14.9. The number of hydrogen-bond acceptors (Lipinski definition) is 9. The van der Waals surface area contributed by atoms with Gasteiger partial charge in [0.2, 0.25) is 0 Å². The number of allylic oxidation sites excluding steroid dienone is 3. The Kier molecular flexibility index (Phi) is 9.31. The van der Waals surface area contributed by atoms with Gasteiger partial charge in [-0.3, -0.25) is 19.1 Å². The zero-order valence-corrected chi connectivity index (χ0v) is 30.2. The van der Waals surface area contributed by atoms with Gasteiger partial charge in [-0.2, -0.15) is 0 Å². The van der Waals surface area contributed by atoms with Gasteiger partial charge in [0.05, 0.1) is 27.8 Å². The van der Waals surface area contributed by atoms with Crippen LogP contribution < -0.4 is 5.32 Å². The van der Waals surface area contributed by atoms with Crippen LogP contribution in [0.1, 0.15) is 44.1 Å². The van der Waals surface area contributed by atoms with Crippen LogP contribution in [0.15, 0.2) is 66.1 Å². The highest BCUT2D eigenvalue weighted by Crippen LogP contribution is 2.61. The van der Waals surface area contributed by atoms with E-state index in [2.05, 4.69) is 10.2 Å². The molecule has 4 N–H and O–H groups in total. The second-order valence-corrected chi connectivity index (χ2v) is 17.4. The summed E-state index contributed by atoms with van der Waals surface area (Å²) in [5, 5.41) is 16.9. The van der Waals surface area contributed by atoms with Crippen molar-refractivity contribution in [2.45, 2.75) is 68.8 Å². The lowest BCUT2D eigenvalue weighted by atomic mass is 9.66. The van der Waals surface area contributed by atoms with Crippen molar-refractivity contribution in [1.29, 1.82) is 0 Å². The normalized spacial score (nSPS) is 32.5. The zero-order chi connectivity index (χ0) is 35.7. The number of benzene rings is 2. The third-order valence-corrected chi connectivity index (χ3v) is 13.0. The molecule has 0 radical (unpaired) electrons. The van der Waals surface area contributed by atoms with Crippen LogP contribution in [0.25, 0.3) is 0 Å². The molecule has 8 rings (SSSR count). The molecule has 2 heterocycles. The number of aliphatic hydroxyl groups is 1. The number of nitrogens with zero attached hydrogens (tertiary/aromatic N) is 1. The first kappa shape index (κ1) is 35.2. The largest absolute Gasteiger partial charge is 0.486 e. The van der Waals surface area contributed by atoms with E-state index in [1.807, 2.05) is 30.3 Å². The summed E-state index contributed by atoms with van der Waals surface area (Å²) < 4.78 is 30.1. The Morgan fingerprint density at radius 2 is 1.80 bits per heavy atom. The summed E-state index contributed by atoms with van der Waals surface area (Å²) in [4.78, 5) is 47.7. The van der Waals surface area contributed by atoms with Crippen LogP contribution in [-0.4, -0.2) is 74.8 Å². The van der Waals surface area contributed by atoms with E-state index in [1.54, 1.807) is 24.3 Å². The molecule has 11 nitrogen and oxygen atoms in total. The lowest BCUT2D eigenvalue weighted by molar-refractivity contribution is -0.155. The molecular weight excluding hydrogens is 718 g/mol. The minimum Gasteiger partial charge on any atom is -0.486 e. The average molecular weight is 760 g/mol. The third kappa shape index (κ3) is 6.87. The van der Waals surface area contributed by atoms with Crippen molar-refractivity contribution >= 4 is 54.1 Å². The van der Waals surface area contributed by atoms with E-state index in [0.717, 1.165) is 19.5 Å². The van der Waals surface area contributed by atoms with Crippen molar-refractivity contribution in [3.8, 4) is 0 Å². The summed E-state index contributed by atoms with van der Waals surface area (Å²) in [6.07, 6.45) is 5.91. The van der Waals surface area contributed by atoms with E-state index in [-0.39, 0.29) is 41.9 Å². The van der Waals surface area contributed by atoms with E-state index < -0.39 is 43.5 Å². The van der Waals surface area contributed by atoms with Crippen molar-refractivity contribution < 1.29 is 43.3 Å². The van der Waals surface area contributed by atoms with Gasteiger partial charge in [-0.15, -0.1) is 0 Å². The topological polar surface area (TPSA) is 155 Å². The molecule has 6 aliphatic rings. The smallest absolute Gasteiger partial charge is 0.336 e. The Hall–Kier alpha value is -2.89. The molecule has 4 bridgehead atoms. The highest BCUT2D eigenvalue weighted by molar-refractivity contribution is 7.52. The lowest BCUT2D eigenvalue weighted by Gasteiger charge is -2.51. The van der Waals surface area contributed by atoms with Crippen LogP contribution in [-0.2, 0) is 34.8 Å². The third-order valence-electron chi connectivity index (χ3n) is 11.7. The predicted octanol–water partition coefficient (Wildman–Crippen LogP) is 5.97. The number of para-hydroxylation sites is 2. The number of halogens is 2. The quantitative estimate of drug-likeness (QED) is 0.167. The molecule has 5 fully saturated rings. The Morgan fingerprint density at radius 3 is 2.55 bits per heavy atom. The van der Waals surface area contributed by atoms with Gasteiger partial charge in [-0.05, 0) is 92.7 Å². The molecule has 0 spiro atoms. The van der Waals surface area contributed by atoms with Gasteiger partial charge in [0.25, 0.3) is 0 Å². The second kappa shape index (κ2) is 13.5. The van der Waals surface area contributed by atoms with Gasteiger partial charge in [0.1, 0.15) is 24.1 Å². The fourth-order valence-electron chi connectivity index (χ4n) is 9.42. The minimum atomic E-state index is -4.66. The van der Waals surface area contributed by atoms with Gasteiger partial charge in [0, 0.05) is 30.1 Å². The van der Waals surface area contributed by atoms with Crippen LogP contribution in [0.3, 0.4) is 0 Å². The number of rotatable bonds is 10. The standard InChI is InChI=1S/C37H41Cl2N2O9P/c38-24-5-3-6-25(39)34(24)40-26-7-2-1-4-21(26)17-30(42)48-28-12-14-37(44)23-13-15-41(18-20-8-9-20)29(37)16-22-10-11-27(49-31(43)19-51(45,46)47)35-32(22)33(23)36(28)50-35/h1-7,10-11,20,22-23,28-29,32-33,36,40,44H,8-9,12-19H2,(H2,45,46,47)/t22?,23?,28?,29?,32?,33?,36?,37-/m0/s1. The molecule has 0 aromatic heterocycles. The summed E-state index contributed by atoms with van der Waals surface area (Å²) >= 11 is 12.8. The number of nitrogens with one attached hydrogen (secondary N) is 1. The van der Waals surface area contributed by atoms with Gasteiger partial charge < -0.3 is 34.4 Å². The van der Waals surface area contributed by atoms with Crippen molar-refractivity contribution in [3.63, 3.8) is 0 Å². The molecule has 3 saturated carbocycles. The van der Waals surface area contributed by atoms with Gasteiger partial charge in [-0.25, -0.2) is 0 Å². The zero-order valence-electron chi connectivity index (χ0n) is 27.8. The average Bonchev–Trinajstić information content (AvgIpc) is 3.82. The van der Waals surface area contributed by atoms with Crippen molar-refractivity contribution in [2.75, 3.05) is 24.6 Å².